The van der Waals surface area contributed by atoms with Gasteiger partial charge in [0.05, 0.1) is 5.92 Å². The van der Waals surface area contributed by atoms with Gasteiger partial charge in [-0.05, 0) is 38.0 Å². The van der Waals surface area contributed by atoms with Crippen LogP contribution in [0.5, 0.6) is 0 Å². The van der Waals surface area contributed by atoms with Crippen LogP contribution in [0.15, 0.2) is 5.16 Å². The second kappa shape index (κ2) is 6.26. The Morgan fingerprint density at radius 2 is 2.05 bits per heavy atom. The molecule has 2 fully saturated rings. The zero-order valence-corrected chi connectivity index (χ0v) is 11.7. The van der Waals surface area contributed by atoms with E-state index in [1.54, 1.807) is 0 Å². The molecule has 0 aromatic carbocycles. The number of carbonyl (C=O) groups is 1. The molecule has 0 radical (unpaired) electrons. The smallest absolute Gasteiger partial charge is 0.233 e. The summed E-state index contributed by atoms with van der Waals surface area (Å²) >= 11 is 0. The van der Waals surface area contributed by atoms with Gasteiger partial charge in [0.1, 0.15) is 0 Å². The van der Waals surface area contributed by atoms with Gasteiger partial charge in [0.2, 0.25) is 5.91 Å². The fourth-order valence-electron chi connectivity index (χ4n) is 3.68. The quantitative estimate of drug-likeness (QED) is 0.353. The number of nitrogens with two attached hydrogens (primary N) is 1. The number of hydrogen-bond donors (Lipinski definition) is 2. The molecule has 5 nitrogen and oxygen atoms in total. The Morgan fingerprint density at radius 3 is 2.63 bits per heavy atom. The number of oxime groups is 1. The minimum Gasteiger partial charge on any atom is -0.409 e. The molecule has 1 aliphatic heterocycles. The first-order valence-corrected chi connectivity index (χ1v) is 7.47. The molecule has 0 bridgehead atoms. The van der Waals surface area contributed by atoms with E-state index in [9.17, 15) is 4.79 Å². The molecule has 0 aromatic rings. The Hall–Kier alpha value is -1.26. The minimum atomic E-state index is -0.466. The zero-order valence-electron chi connectivity index (χ0n) is 11.7. The fraction of sp³-hybridized carbons (Fsp3) is 0.857. The predicted molar refractivity (Wildman–Crippen MR) is 73.9 cm³/mol. The van der Waals surface area contributed by atoms with E-state index in [1.165, 1.54) is 25.7 Å². The molecule has 1 heterocycles. The SMILES string of the molecule is CCC(C(=O)N1CCCC1C1CCCC1)C(N)=NO. The van der Waals surface area contributed by atoms with Crippen molar-refractivity contribution in [2.24, 2.45) is 22.7 Å². The highest BCUT2D eigenvalue weighted by atomic mass is 16.4. The maximum Gasteiger partial charge on any atom is 0.233 e. The van der Waals surface area contributed by atoms with Gasteiger partial charge in [0, 0.05) is 12.6 Å². The van der Waals surface area contributed by atoms with E-state index in [1.807, 2.05) is 11.8 Å². The van der Waals surface area contributed by atoms with Gasteiger partial charge in [0.25, 0.3) is 0 Å². The first-order chi connectivity index (χ1) is 9.19. The van der Waals surface area contributed by atoms with E-state index in [4.69, 9.17) is 10.9 Å². The Kier molecular flexibility index (Phi) is 4.66. The molecule has 19 heavy (non-hydrogen) atoms. The van der Waals surface area contributed by atoms with E-state index in [2.05, 4.69) is 5.16 Å². The van der Waals surface area contributed by atoms with E-state index >= 15 is 0 Å². The molecule has 0 spiro atoms. The van der Waals surface area contributed by atoms with Crippen LogP contribution in [0, 0.1) is 11.8 Å². The van der Waals surface area contributed by atoms with Crippen molar-refractivity contribution in [1.82, 2.24) is 4.90 Å². The Bertz CT molecular complexity index is 351. The largest absolute Gasteiger partial charge is 0.409 e. The molecular formula is C14H25N3O2. The summed E-state index contributed by atoms with van der Waals surface area (Å²) in [5.41, 5.74) is 5.65. The summed E-state index contributed by atoms with van der Waals surface area (Å²) < 4.78 is 0. The van der Waals surface area contributed by atoms with Gasteiger partial charge in [-0.3, -0.25) is 4.79 Å². The molecule has 2 aliphatic rings. The van der Waals surface area contributed by atoms with Crippen LogP contribution < -0.4 is 5.73 Å². The average Bonchev–Trinajstić information content (AvgIpc) is 3.09. The molecule has 3 N–H and O–H groups in total. The summed E-state index contributed by atoms with van der Waals surface area (Å²) in [5.74, 6) is 0.292. The molecule has 0 aromatic heterocycles. The van der Waals surface area contributed by atoms with Gasteiger partial charge in [-0.1, -0.05) is 24.9 Å². The van der Waals surface area contributed by atoms with Gasteiger partial charge in [-0.2, -0.15) is 0 Å². The van der Waals surface area contributed by atoms with E-state index < -0.39 is 5.92 Å². The third-order valence-corrected chi connectivity index (χ3v) is 4.71. The lowest BCUT2D eigenvalue weighted by Crippen LogP contribution is -2.46. The Morgan fingerprint density at radius 1 is 1.37 bits per heavy atom. The van der Waals surface area contributed by atoms with Gasteiger partial charge >= 0.3 is 0 Å². The van der Waals surface area contributed by atoms with E-state index in [0.29, 0.717) is 18.4 Å². The van der Waals surface area contributed by atoms with Crippen molar-refractivity contribution in [2.75, 3.05) is 6.54 Å². The molecule has 2 atom stereocenters. The van der Waals surface area contributed by atoms with Crippen molar-refractivity contribution in [3.63, 3.8) is 0 Å². The minimum absolute atomic E-state index is 0.0459. The van der Waals surface area contributed by atoms with Crippen LogP contribution in [0.1, 0.15) is 51.9 Å². The van der Waals surface area contributed by atoms with Crippen molar-refractivity contribution in [3.8, 4) is 0 Å². The van der Waals surface area contributed by atoms with Crippen LogP contribution in [0.4, 0.5) is 0 Å². The third-order valence-electron chi connectivity index (χ3n) is 4.71. The summed E-state index contributed by atoms with van der Waals surface area (Å²) in [6, 6.07) is 0.385. The maximum atomic E-state index is 12.6. The number of amides is 1. The predicted octanol–water partition coefficient (Wildman–Crippen LogP) is 1.94. The van der Waals surface area contributed by atoms with Crippen LogP contribution in [-0.4, -0.2) is 34.4 Å². The van der Waals surface area contributed by atoms with Crippen LogP contribution in [-0.2, 0) is 4.79 Å². The second-order valence-corrected chi connectivity index (χ2v) is 5.77. The monoisotopic (exact) mass is 267 g/mol. The molecule has 1 saturated carbocycles. The summed E-state index contributed by atoms with van der Waals surface area (Å²) in [6.45, 7) is 2.73. The molecule has 108 valence electrons. The second-order valence-electron chi connectivity index (χ2n) is 5.77. The van der Waals surface area contributed by atoms with Crippen LogP contribution in [0.2, 0.25) is 0 Å². The van der Waals surface area contributed by atoms with Crippen LogP contribution in [0.25, 0.3) is 0 Å². The highest BCUT2D eigenvalue weighted by Crippen LogP contribution is 2.36. The number of likely N-dealkylation sites (tertiary alicyclic amines) is 1. The van der Waals surface area contributed by atoms with Gasteiger partial charge in [-0.15, -0.1) is 0 Å². The van der Waals surface area contributed by atoms with Gasteiger partial charge < -0.3 is 15.8 Å². The lowest BCUT2D eigenvalue weighted by molar-refractivity contribution is -0.135. The van der Waals surface area contributed by atoms with Gasteiger partial charge in [-0.25, -0.2) is 0 Å². The molecule has 5 heteroatoms. The Labute approximate surface area is 114 Å². The molecule has 1 aliphatic carbocycles. The number of nitrogens with zero attached hydrogens (tertiary/aromatic N) is 2. The molecule has 2 unspecified atom stereocenters. The molecule has 1 saturated heterocycles. The number of rotatable bonds is 4. The summed E-state index contributed by atoms with van der Waals surface area (Å²) in [4.78, 5) is 14.6. The zero-order chi connectivity index (χ0) is 13.8. The highest BCUT2D eigenvalue weighted by Gasteiger charge is 2.38. The summed E-state index contributed by atoms with van der Waals surface area (Å²) in [6.07, 6.45) is 7.86. The number of hydrogen-bond acceptors (Lipinski definition) is 3. The molecule has 1 amide bonds. The van der Waals surface area contributed by atoms with Crippen LogP contribution in [0.3, 0.4) is 0 Å². The first-order valence-electron chi connectivity index (χ1n) is 7.47. The van der Waals surface area contributed by atoms with Crippen molar-refractivity contribution >= 4 is 11.7 Å². The molecule has 2 rings (SSSR count). The molecular weight excluding hydrogens is 242 g/mol. The topological polar surface area (TPSA) is 78.9 Å². The highest BCUT2D eigenvalue weighted by molar-refractivity contribution is 6.02. The van der Waals surface area contributed by atoms with Crippen molar-refractivity contribution in [1.29, 1.82) is 0 Å². The normalized spacial score (nSPS) is 26.9. The lowest BCUT2D eigenvalue weighted by atomic mass is 9.94. The van der Waals surface area contributed by atoms with E-state index in [-0.39, 0.29) is 11.7 Å². The van der Waals surface area contributed by atoms with Crippen molar-refractivity contribution < 1.29 is 10.0 Å². The summed E-state index contributed by atoms with van der Waals surface area (Å²) in [7, 11) is 0. The standard InChI is InChI=1S/C14H25N3O2/c1-2-11(13(15)16-19)14(18)17-9-5-8-12(17)10-6-3-4-7-10/h10-12,19H,2-9H2,1H3,(H2,15,16). The number of amidine groups is 1. The van der Waals surface area contributed by atoms with Gasteiger partial charge in [0.15, 0.2) is 5.84 Å². The van der Waals surface area contributed by atoms with E-state index in [0.717, 1.165) is 19.4 Å². The maximum absolute atomic E-state index is 12.6. The fourth-order valence-corrected chi connectivity index (χ4v) is 3.68. The van der Waals surface area contributed by atoms with Crippen molar-refractivity contribution in [3.05, 3.63) is 0 Å². The average molecular weight is 267 g/mol. The van der Waals surface area contributed by atoms with Crippen LogP contribution >= 0.6 is 0 Å². The summed E-state index contributed by atoms with van der Waals surface area (Å²) in [5, 5.41) is 11.8. The third kappa shape index (κ3) is 2.85. The number of carbonyl (C=O) groups excluding carboxylic acids is 1. The first kappa shape index (κ1) is 14.2. The van der Waals surface area contributed by atoms with Crippen molar-refractivity contribution in [2.45, 2.75) is 57.9 Å². The lowest BCUT2D eigenvalue weighted by Gasteiger charge is -2.31. The Balaban J connectivity index is 2.08.